The van der Waals surface area contributed by atoms with Crippen LogP contribution in [-0.4, -0.2) is 51.7 Å². The molecule has 0 bridgehead atoms. The van der Waals surface area contributed by atoms with E-state index in [1.54, 1.807) is 0 Å². The number of hydrogen-bond donors (Lipinski definition) is 6. The molecule has 0 aliphatic rings. The van der Waals surface area contributed by atoms with E-state index < -0.39 is 20.2 Å². The van der Waals surface area contributed by atoms with Gasteiger partial charge in [0.15, 0.2) is 11.5 Å². The van der Waals surface area contributed by atoms with Gasteiger partial charge in [0.1, 0.15) is 9.85 Å². The Morgan fingerprint density at radius 2 is 1.12 bits per heavy atom. The number of hydrogen-bond acceptors (Lipinski definition) is 12. The van der Waals surface area contributed by atoms with Crippen molar-refractivity contribution in [3.8, 4) is 0 Å². The molecule has 0 aromatic carbocycles. The standard InChI is InChI=1S/2C6H7N5O3.H2O4S/c2*7-6(8)10-9-3-4-1-2-5(14-4)11(12)13;1-5(2,3)4/h2*1-3H,(H4,7,8,10);(H2,1,2,3,4)/b2*9-3+;. The topological polar surface area (TPSA) is 341 Å². The van der Waals surface area contributed by atoms with Crippen LogP contribution in [0.15, 0.2) is 53.5 Å². The zero-order valence-corrected chi connectivity index (χ0v) is 16.8. The maximum Gasteiger partial charge on any atom is 0.433 e. The average Bonchev–Trinajstić information content (AvgIpc) is 3.30. The molecule has 33 heavy (non-hydrogen) atoms. The number of nitrogens with two attached hydrogens (primary N) is 4. The summed E-state index contributed by atoms with van der Waals surface area (Å²) in [5.41, 5.74) is 19.9. The van der Waals surface area contributed by atoms with Crippen LogP contribution in [0.5, 0.6) is 0 Å². The van der Waals surface area contributed by atoms with Crippen LogP contribution in [0.2, 0.25) is 0 Å². The first kappa shape index (κ1) is 28.1. The van der Waals surface area contributed by atoms with Crippen LogP contribution in [0.25, 0.3) is 0 Å². The summed E-state index contributed by atoms with van der Waals surface area (Å²) < 4.78 is 41.0. The average molecular weight is 492 g/mol. The van der Waals surface area contributed by atoms with Crippen molar-refractivity contribution in [2.24, 2.45) is 43.3 Å². The van der Waals surface area contributed by atoms with Gasteiger partial charge >= 0.3 is 22.2 Å². The summed E-state index contributed by atoms with van der Waals surface area (Å²) in [6, 6.07) is 5.17. The Balaban J connectivity index is 0.000000517. The molecular weight excluding hydrogens is 476 g/mol. The van der Waals surface area contributed by atoms with Crippen molar-refractivity contribution in [3.05, 3.63) is 56.0 Å². The summed E-state index contributed by atoms with van der Waals surface area (Å²) in [5, 5.41) is 33.8. The normalized spacial score (nSPS) is 10.5. The van der Waals surface area contributed by atoms with E-state index in [1.165, 1.54) is 24.3 Å². The molecule has 0 saturated carbocycles. The molecule has 0 fully saturated rings. The van der Waals surface area contributed by atoms with Crippen molar-refractivity contribution >= 4 is 46.5 Å². The second-order valence-electron chi connectivity index (χ2n) is 4.85. The Morgan fingerprint density at radius 1 is 0.818 bits per heavy atom. The van der Waals surface area contributed by atoms with E-state index in [9.17, 15) is 20.2 Å². The monoisotopic (exact) mass is 492 g/mol. The predicted octanol–water partition coefficient (Wildman–Crippen LogP) is -1.06. The maximum atomic E-state index is 10.2. The highest BCUT2D eigenvalue weighted by molar-refractivity contribution is 7.79. The molecule has 2 aromatic rings. The maximum absolute atomic E-state index is 10.2. The third-order valence-electron chi connectivity index (χ3n) is 2.30. The number of guanidine groups is 2. The summed E-state index contributed by atoms with van der Waals surface area (Å²) in [6.07, 6.45) is 2.32. The fourth-order valence-corrected chi connectivity index (χ4v) is 1.32. The molecule has 0 aliphatic carbocycles. The molecule has 0 aliphatic heterocycles. The summed E-state index contributed by atoms with van der Waals surface area (Å²) in [7, 11) is -4.67. The molecule has 0 amide bonds. The molecule has 0 saturated heterocycles. The Morgan fingerprint density at radius 3 is 1.33 bits per heavy atom. The lowest BCUT2D eigenvalue weighted by atomic mass is 10.5. The molecule has 2 heterocycles. The van der Waals surface area contributed by atoms with Crippen molar-refractivity contribution in [2.45, 2.75) is 0 Å². The molecule has 0 unspecified atom stereocenters. The van der Waals surface area contributed by atoms with Crippen molar-refractivity contribution in [3.63, 3.8) is 0 Å². The first-order valence-corrected chi connectivity index (χ1v) is 9.01. The van der Waals surface area contributed by atoms with E-state index in [0.717, 1.165) is 12.4 Å². The Bertz CT molecular complexity index is 1070. The lowest BCUT2D eigenvalue weighted by Gasteiger charge is -1.83. The lowest BCUT2D eigenvalue weighted by Crippen LogP contribution is -2.21. The zero-order chi connectivity index (χ0) is 25.6. The van der Waals surface area contributed by atoms with Gasteiger partial charge in [-0.25, -0.2) is 0 Å². The van der Waals surface area contributed by atoms with Gasteiger partial charge in [0, 0.05) is 0 Å². The van der Waals surface area contributed by atoms with Gasteiger partial charge in [0.05, 0.1) is 24.6 Å². The summed E-state index contributed by atoms with van der Waals surface area (Å²) in [6.45, 7) is 0. The molecule has 21 heteroatoms. The second kappa shape index (κ2) is 13.4. The smallest absolute Gasteiger partial charge is 0.400 e. The van der Waals surface area contributed by atoms with Gasteiger partial charge in [-0.05, 0) is 12.1 Å². The van der Waals surface area contributed by atoms with Gasteiger partial charge in [-0.3, -0.25) is 29.3 Å². The molecule has 0 radical (unpaired) electrons. The van der Waals surface area contributed by atoms with Crippen LogP contribution in [-0.2, 0) is 10.4 Å². The van der Waals surface area contributed by atoms with Crippen LogP contribution in [0, 0.1) is 20.2 Å². The van der Waals surface area contributed by atoms with Crippen LogP contribution in [0.3, 0.4) is 0 Å². The number of rotatable bonds is 6. The van der Waals surface area contributed by atoms with Crippen molar-refractivity contribution in [2.75, 3.05) is 0 Å². The van der Waals surface area contributed by atoms with Crippen molar-refractivity contribution in [1.82, 2.24) is 0 Å². The highest BCUT2D eigenvalue weighted by Gasteiger charge is 2.10. The summed E-state index contributed by atoms with van der Waals surface area (Å²) in [4.78, 5) is 19.1. The minimum Gasteiger partial charge on any atom is -0.400 e. The van der Waals surface area contributed by atoms with E-state index in [4.69, 9.17) is 49.3 Å². The van der Waals surface area contributed by atoms with Gasteiger partial charge in [-0.15, -0.1) is 10.2 Å². The molecule has 180 valence electrons. The third-order valence-corrected chi connectivity index (χ3v) is 2.30. The SMILES string of the molecule is NC(N)=N/N=C/c1ccc([N+](=O)[O-])o1.NC(N)=N/N=C/c1ccc([N+](=O)[O-])o1.O=S(=O)(O)O. The van der Waals surface area contributed by atoms with Crippen LogP contribution in [0.4, 0.5) is 11.8 Å². The van der Waals surface area contributed by atoms with Crippen LogP contribution in [0.1, 0.15) is 11.5 Å². The van der Waals surface area contributed by atoms with Gasteiger partial charge in [-0.2, -0.15) is 18.6 Å². The first-order valence-electron chi connectivity index (χ1n) is 7.61. The minimum absolute atomic E-state index is 0.196. The molecule has 10 N–H and O–H groups in total. The number of nitrogens with zero attached hydrogens (tertiary/aromatic N) is 6. The summed E-state index contributed by atoms with van der Waals surface area (Å²) >= 11 is 0. The number of nitro groups is 2. The van der Waals surface area contributed by atoms with Gasteiger partial charge < -0.3 is 31.8 Å². The molecule has 2 aromatic heterocycles. The quantitative estimate of drug-likeness (QED) is 0.0919. The second-order valence-corrected chi connectivity index (χ2v) is 5.75. The van der Waals surface area contributed by atoms with E-state index in [0.29, 0.717) is 0 Å². The Kier molecular flexibility index (Phi) is 11.4. The van der Waals surface area contributed by atoms with Crippen LogP contribution >= 0.6 is 0 Å². The van der Waals surface area contributed by atoms with Crippen molar-refractivity contribution < 1.29 is 36.2 Å². The zero-order valence-electron chi connectivity index (χ0n) is 16.0. The largest absolute Gasteiger partial charge is 0.433 e. The Hall–Kier alpha value is -4.89. The highest BCUT2D eigenvalue weighted by atomic mass is 32.3. The third kappa shape index (κ3) is 15.6. The molecular formula is C12H16N10O10S. The molecule has 2 rings (SSSR count). The van der Waals surface area contributed by atoms with E-state index in [1.807, 2.05) is 0 Å². The molecule has 20 nitrogen and oxygen atoms in total. The van der Waals surface area contributed by atoms with Gasteiger partial charge in [-0.1, -0.05) is 0 Å². The van der Waals surface area contributed by atoms with Gasteiger partial charge in [0.2, 0.25) is 11.9 Å². The Labute approximate surface area is 182 Å². The first-order chi connectivity index (χ1) is 15.2. The fourth-order valence-electron chi connectivity index (χ4n) is 1.32. The molecule has 0 atom stereocenters. The fraction of sp³-hybridized carbons (Fsp3) is 0. The van der Waals surface area contributed by atoms with Crippen molar-refractivity contribution in [1.29, 1.82) is 0 Å². The molecule has 0 spiro atoms. The highest BCUT2D eigenvalue weighted by Crippen LogP contribution is 2.14. The minimum atomic E-state index is -4.67. The van der Waals surface area contributed by atoms with E-state index in [2.05, 4.69) is 20.4 Å². The summed E-state index contributed by atoms with van der Waals surface area (Å²) in [5.74, 6) is -0.750. The predicted molar refractivity (Wildman–Crippen MR) is 112 cm³/mol. The van der Waals surface area contributed by atoms with E-state index in [-0.39, 0.29) is 35.2 Å². The van der Waals surface area contributed by atoms with E-state index >= 15 is 0 Å². The van der Waals surface area contributed by atoms with Crippen LogP contribution < -0.4 is 22.9 Å². The lowest BCUT2D eigenvalue weighted by molar-refractivity contribution is -0.402. The van der Waals surface area contributed by atoms with Gasteiger partial charge in [0.25, 0.3) is 0 Å². The number of furan rings is 2.